The minimum atomic E-state index is -0.250. The van der Waals surface area contributed by atoms with E-state index in [1.807, 2.05) is 6.07 Å². The molecule has 1 aromatic rings. The molecule has 3 heteroatoms. The van der Waals surface area contributed by atoms with Crippen molar-refractivity contribution in [2.75, 3.05) is 13.2 Å². The maximum Gasteiger partial charge on any atom is 0.119 e. The number of hydrogen-bond acceptors (Lipinski definition) is 3. The van der Waals surface area contributed by atoms with Crippen LogP contribution in [-0.4, -0.2) is 24.4 Å². The molecule has 3 nitrogen and oxygen atoms in total. The van der Waals surface area contributed by atoms with Crippen molar-refractivity contribution < 1.29 is 9.84 Å². The highest BCUT2D eigenvalue weighted by Gasteiger charge is 2.17. The summed E-state index contributed by atoms with van der Waals surface area (Å²) in [6.45, 7) is 3.02. The van der Waals surface area contributed by atoms with Gasteiger partial charge >= 0.3 is 0 Å². The fraction of sp³-hybridized carbons (Fsp3) is 0.556. The lowest BCUT2D eigenvalue weighted by Gasteiger charge is -2.09. The Hall–Kier alpha value is -1.32. The molecule has 1 aliphatic carbocycles. The summed E-state index contributed by atoms with van der Waals surface area (Å²) in [5, 5.41) is 9.14. The van der Waals surface area contributed by atoms with Crippen LogP contribution in [0.1, 0.15) is 50.2 Å². The van der Waals surface area contributed by atoms with Crippen LogP contribution in [0.15, 0.2) is 23.8 Å². The molecule has 21 heavy (non-hydrogen) atoms. The lowest BCUT2D eigenvalue weighted by atomic mass is 10.1. The molecule has 2 rings (SSSR count). The zero-order chi connectivity index (χ0) is 15.1. The molecule has 116 valence electrons. The van der Waals surface area contributed by atoms with Crippen LogP contribution >= 0.6 is 0 Å². The summed E-state index contributed by atoms with van der Waals surface area (Å²) in [5.74, 6) is 0.930. The van der Waals surface area contributed by atoms with Crippen molar-refractivity contribution >= 4 is 6.08 Å². The van der Waals surface area contributed by atoms with E-state index in [1.165, 1.54) is 36.8 Å². The molecular weight excluding hydrogens is 262 g/mol. The predicted octanol–water partition coefficient (Wildman–Crippen LogP) is 3.29. The van der Waals surface area contributed by atoms with Crippen molar-refractivity contribution in [1.82, 2.24) is 0 Å². The first-order chi connectivity index (χ1) is 10.2. The molecule has 3 N–H and O–H groups in total. The number of nitrogens with two attached hydrogens (primary N) is 1. The molecular formula is C18H27NO2. The number of unbranched alkanes of at least 4 members (excludes halogenated alkanes) is 4. The van der Waals surface area contributed by atoms with E-state index >= 15 is 0 Å². The van der Waals surface area contributed by atoms with E-state index in [1.54, 1.807) is 0 Å². The monoisotopic (exact) mass is 289 g/mol. The number of benzene rings is 1. The normalized spacial score (nSPS) is 14.7. The van der Waals surface area contributed by atoms with Gasteiger partial charge in [-0.15, -0.1) is 0 Å². The third-order valence-corrected chi connectivity index (χ3v) is 4.04. The molecule has 0 fully saturated rings. The van der Waals surface area contributed by atoms with Crippen LogP contribution in [0.3, 0.4) is 0 Å². The number of ether oxygens (including phenoxy) is 1. The van der Waals surface area contributed by atoms with Gasteiger partial charge in [-0.3, -0.25) is 0 Å². The lowest BCUT2D eigenvalue weighted by molar-refractivity contribution is 0.279. The van der Waals surface area contributed by atoms with Crippen molar-refractivity contribution in [2.24, 2.45) is 5.73 Å². The van der Waals surface area contributed by atoms with Crippen molar-refractivity contribution in [3.05, 3.63) is 34.9 Å². The Labute approximate surface area is 127 Å². The Morgan fingerprint density at radius 1 is 1.24 bits per heavy atom. The Morgan fingerprint density at radius 2 is 2.05 bits per heavy atom. The molecule has 0 saturated heterocycles. The predicted molar refractivity (Wildman–Crippen MR) is 87.4 cm³/mol. The van der Waals surface area contributed by atoms with Crippen LogP contribution in [0.2, 0.25) is 0 Å². The summed E-state index contributed by atoms with van der Waals surface area (Å²) in [7, 11) is 0. The number of aliphatic hydroxyl groups excluding tert-OH is 1. The third-order valence-electron chi connectivity index (χ3n) is 4.04. The van der Waals surface area contributed by atoms with Gasteiger partial charge in [-0.1, -0.05) is 44.7 Å². The molecule has 1 aromatic carbocycles. The molecule has 0 spiro atoms. The molecule has 0 aliphatic heterocycles. The van der Waals surface area contributed by atoms with Crippen molar-refractivity contribution in [1.29, 1.82) is 0 Å². The molecule has 1 unspecified atom stereocenters. The van der Waals surface area contributed by atoms with Crippen molar-refractivity contribution in [2.45, 2.75) is 51.5 Å². The molecule has 0 radical (unpaired) electrons. The van der Waals surface area contributed by atoms with Gasteiger partial charge in [-0.2, -0.15) is 0 Å². The first kappa shape index (κ1) is 16.1. The van der Waals surface area contributed by atoms with Gasteiger partial charge in [-0.05, 0) is 41.7 Å². The fourth-order valence-electron chi connectivity index (χ4n) is 2.68. The molecule has 0 bridgehead atoms. The van der Waals surface area contributed by atoms with E-state index in [4.69, 9.17) is 15.6 Å². The molecule has 0 amide bonds. The summed E-state index contributed by atoms with van der Waals surface area (Å²) < 4.78 is 5.82. The van der Waals surface area contributed by atoms with Crippen molar-refractivity contribution in [3.63, 3.8) is 0 Å². The molecule has 0 aromatic heterocycles. The van der Waals surface area contributed by atoms with E-state index in [9.17, 15) is 0 Å². The minimum Gasteiger partial charge on any atom is -0.494 e. The second-order valence-corrected chi connectivity index (χ2v) is 5.81. The number of fused-ring (bicyclic) bond motifs is 1. The first-order valence-corrected chi connectivity index (χ1v) is 8.07. The highest BCUT2D eigenvalue weighted by Crippen LogP contribution is 2.29. The highest BCUT2D eigenvalue weighted by atomic mass is 16.5. The van der Waals surface area contributed by atoms with E-state index in [0.717, 1.165) is 30.8 Å². The van der Waals surface area contributed by atoms with Crippen molar-refractivity contribution in [3.8, 4) is 5.75 Å². The van der Waals surface area contributed by atoms with Gasteiger partial charge in [0.05, 0.1) is 13.2 Å². The van der Waals surface area contributed by atoms with E-state index in [0.29, 0.717) is 0 Å². The summed E-state index contributed by atoms with van der Waals surface area (Å²) in [6, 6.07) is 5.97. The standard InChI is InChI=1S/C18H27NO2/c1-2-3-4-5-6-9-21-17-8-7-14-10-16(18(19)13-20)11-15(14)12-17/h7-8,11-12,18,20H,2-6,9-10,13,19H2,1H3. The lowest BCUT2D eigenvalue weighted by Crippen LogP contribution is -2.26. The van der Waals surface area contributed by atoms with E-state index in [2.05, 4.69) is 25.1 Å². The molecule has 0 saturated carbocycles. The maximum absolute atomic E-state index is 9.14. The van der Waals surface area contributed by atoms with Gasteiger partial charge in [-0.25, -0.2) is 0 Å². The molecule has 0 heterocycles. The second kappa shape index (κ2) is 8.20. The average molecular weight is 289 g/mol. The summed E-state index contributed by atoms with van der Waals surface area (Å²) in [6.07, 6.45) is 9.18. The Morgan fingerprint density at radius 3 is 2.81 bits per heavy atom. The van der Waals surface area contributed by atoms with Crippen LogP contribution in [0, 0.1) is 0 Å². The van der Waals surface area contributed by atoms with Gasteiger partial charge in [0.2, 0.25) is 0 Å². The van der Waals surface area contributed by atoms with Crippen LogP contribution in [0.5, 0.6) is 5.75 Å². The topological polar surface area (TPSA) is 55.5 Å². The fourth-order valence-corrected chi connectivity index (χ4v) is 2.68. The summed E-state index contributed by atoms with van der Waals surface area (Å²) in [5.41, 5.74) is 9.43. The van der Waals surface area contributed by atoms with E-state index < -0.39 is 0 Å². The van der Waals surface area contributed by atoms with Crippen LogP contribution in [0.25, 0.3) is 6.08 Å². The Balaban J connectivity index is 1.83. The zero-order valence-electron chi connectivity index (χ0n) is 13.0. The van der Waals surface area contributed by atoms with Crippen LogP contribution in [-0.2, 0) is 6.42 Å². The Bertz CT molecular complexity index is 482. The first-order valence-electron chi connectivity index (χ1n) is 8.07. The molecule has 1 aliphatic rings. The van der Waals surface area contributed by atoms with Gasteiger partial charge in [0.15, 0.2) is 0 Å². The third kappa shape index (κ3) is 4.58. The smallest absolute Gasteiger partial charge is 0.119 e. The Kier molecular flexibility index (Phi) is 6.27. The second-order valence-electron chi connectivity index (χ2n) is 5.81. The number of rotatable bonds is 9. The SMILES string of the molecule is CCCCCCCOc1ccc2c(c1)C=C(C(N)CO)C2. The largest absolute Gasteiger partial charge is 0.494 e. The highest BCUT2D eigenvalue weighted by molar-refractivity contribution is 5.66. The summed E-state index contributed by atoms with van der Waals surface area (Å²) in [4.78, 5) is 0. The maximum atomic E-state index is 9.14. The van der Waals surface area contributed by atoms with Crippen LogP contribution < -0.4 is 10.5 Å². The van der Waals surface area contributed by atoms with Gasteiger partial charge in [0.25, 0.3) is 0 Å². The zero-order valence-corrected chi connectivity index (χ0v) is 13.0. The minimum absolute atomic E-state index is 0.000932. The number of aliphatic hydroxyl groups is 1. The van der Waals surface area contributed by atoms with E-state index in [-0.39, 0.29) is 12.6 Å². The van der Waals surface area contributed by atoms with Gasteiger partial charge < -0.3 is 15.6 Å². The average Bonchev–Trinajstić information content (AvgIpc) is 2.93. The van der Waals surface area contributed by atoms with Crippen LogP contribution in [0.4, 0.5) is 0 Å². The quantitative estimate of drug-likeness (QED) is 0.686. The molecule has 1 atom stereocenters. The van der Waals surface area contributed by atoms with Gasteiger partial charge in [0, 0.05) is 6.04 Å². The van der Waals surface area contributed by atoms with Gasteiger partial charge in [0.1, 0.15) is 5.75 Å². The summed E-state index contributed by atoms with van der Waals surface area (Å²) >= 11 is 0. The number of hydrogen-bond donors (Lipinski definition) is 2.